The van der Waals surface area contributed by atoms with Crippen LogP contribution in [0.4, 0.5) is 10.7 Å². The van der Waals surface area contributed by atoms with Crippen molar-refractivity contribution in [3.05, 3.63) is 16.2 Å². The third kappa shape index (κ3) is 2.34. The maximum atomic E-state index is 12.4. The molecule has 2 heterocycles. The van der Waals surface area contributed by atoms with E-state index in [1.807, 2.05) is 0 Å². The monoisotopic (exact) mass is 320 g/mol. The number of nitro groups is 1. The quantitative estimate of drug-likeness (QED) is 0.582. The number of hydrogen-bond acceptors (Lipinski definition) is 7. The number of piperazine rings is 1. The van der Waals surface area contributed by atoms with E-state index in [-0.39, 0.29) is 22.3 Å². The molecular formula is C9H12N4O5S2. The zero-order chi connectivity index (χ0) is 15.1. The Bertz CT molecular complexity index is 668. The number of nitrogens with one attached hydrogen (secondary N) is 1. The molecule has 110 valence electrons. The van der Waals surface area contributed by atoms with Crippen LogP contribution >= 0.6 is 11.3 Å². The van der Waals surface area contributed by atoms with Gasteiger partial charge in [0.15, 0.2) is 5.00 Å². The molecule has 1 atom stereocenters. The van der Waals surface area contributed by atoms with Gasteiger partial charge < -0.3 is 11.1 Å². The molecule has 0 radical (unpaired) electrons. The number of thiophene rings is 1. The van der Waals surface area contributed by atoms with E-state index in [0.29, 0.717) is 11.3 Å². The molecule has 3 N–H and O–H groups in total. The van der Waals surface area contributed by atoms with E-state index in [0.717, 1.165) is 10.4 Å². The van der Waals surface area contributed by atoms with Gasteiger partial charge in [0.05, 0.1) is 4.92 Å². The number of anilines is 1. The number of carbonyl (C=O) groups is 1. The molecular weight excluding hydrogens is 308 g/mol. The molecule has 0 saturated carbocycles. The summed E-state index contributed by atoms with van der Waals surface area (Å²) in [7, 11) is -3.97. The number of sulfonamides is 1. The second-order valence-electron chi connectivity index (χ2n) is 4.15. The molecule has 1 saturated heterocycles. The van der Waals surface area contributed by atoms with Crippen molar-refractivity contribution in [3.63, 3.8) is 0 Å². The zero-order valence-electron chi connectivity index (χ0n) is 10.4. The highest BCUT2D eigenvalue weighted by Gasteiger charge is 2.37. The lowest BCUT2D eigenvalue weighted by atomic mass is 10.2. The van der Waals surface area contributed by atoms with Crippen molar-refractivity contribution >= 4 is 38.0 Å². The highest BCUT2D eigenvalue weighted by Crippen LogP contribution is 2.36. The fraction of sp³-hybridized carbons (Fsp3) is 0.444. The van der Waals surface area contributed by atoms with Gasteiger partial charge in [-0.2, -0.15) is 4.31 Å². The highest BCUT2D eigenvalue weighted by atomic mass is 32.2. The molecule has 1 amide bonds. The normalized spacial score (nSPS) is 20.6. The summed E-state index contributed by atoms with van der Waals surface area (Å²) >= 11 is 0.621. The van der Waals surface area contributed by atoms with E-state index in [4.69, 9.17) is 5.73 Å². The van der Waals surface area contributed by atoms with Gasteiger partial charge >= 0.3 is 5.69 Å². The van der Waals surface area contributed by atoms with Crippen molar-refractivity contribution in [3.8, 4) is 0 Å². The Morgan fingerprint density at radius 3 is 2.80 bits per heavy atom. The summed E-state index contributed by atoms with van der Waals surface area (Å²) in [6.45, 7) is 1.77. The first-order valence-electron chi connectivity index (χ1n) is 5.58. The molecule has 9 nitrogen and oxygen atoms in total. The lowest BCUT2D eigenvalue weighted by molar-refractivity contribution is -0.383. The van der Waals surface area contributed by atoms with Gasteiger partial charge in [-0.1, -0.05) is 11.3 Å². The highest BCUT2D eigenvalue weighted by molar-refractivity contribution is 7.91. The van der Waals surface area contributed by atoms with Gasteiger partial charge in [0.25, 0.3) is 10.0 Å². The molecule has 0 spiro atoms. The van der Waals surface area contributed by atoms with Crippen LogP contribution in [0.2, 0.25) is 0 Å². The second-order valence-corrected chi connectivity index (χ2v) is 7.36. The fourth-order valence-corrected chi connectivity index (χ4v) is 4.79. The minimum atomic E-state index is -3.97. The Morgan fingerprint density at radius 2 is 2.25 bits per heavy atom. The summed E-state index contributed by atoms with van der Waals surface area (Å²) in [5.74, 6) is -0.404. The largest absolute Gasteiger partial charge is 0.385 e. The predicted molar refractivity (Wildman–Crippen MR) is 71.7 cm³/mol. The number of nitrogens with zero attached hydrogens (tertiary/aromatic N) is 2. The third-order valence-corrected chi connectivity index (χ3v) is 6.29. The van der Waals surface area contributed by atoms with Crippen LogP contribution in [0.1, 0.15) is 6.92 Å². The van der Waals surface area contributed by atoms with E-state index < -0.39 is 32.6 Å². The topological polar surface area (TPSA) is 136 Å². The van der Waals surface area contributed by atoms with Crippen molar-refractivity contribution < 1.29 is 18.1 Å². The maximum Gasteiger partial charge on any atom is 0.304 e. The van der Waals surface area contributed by atoms with Gasteiger partial charge in [-0.05, 0) is 6.92 Å². The van der Waals surface area contributed by atoms with Crippen LogP contribution in [0.25, 0.3) is 0 Å². The standard InChI is InChI=1S/C9H12N4O5S2/c1-5-9(14)11-2-3-12(5)20(17,18)7-4-6(13(15)16)8(10)19-7/h4-5H,2-3,10H2,1H3,(H,11,14). The molecule has 1 fully saturated rings. The average molecular weight is 320 g/mol. The fourth-order valence-electron chi connectivity index (χ4n) is 1.85. The maximum absolute atomic E-state index is 12.4. The number of carbonyl (C=O) groups excluding carboxylic acids is 1. The van der Waals surface area contributed by atoms with Crippen LogP contribution in [-0.2, 0) is 14.8 Å². The lowest BCUT2D eigenvalue weighted by Gasteiger charge is -2.31. The van der Waals surface area contributed by atoms with E-state index >= 15 is 0 Å². The molecule has 1 aliphatic rings. The molecule has 0 aromatic carbocycles. The lowest BCUT2D eigenvalue weighted by Crippen LogP contribution is -2.55. The zero-order valence-corrected chi connectivity index (χ0v) is 12.0. The van der Waals surface area contributed by atoms with Gasteiger partial charge in [0, 0.05) is 19.2 Å². The van der Waals surface area contributed by atoms with Crippen molar-refractivity contribution in [2.45, 2.75) is 17.2 Å². The summed E-state index contributed by atoms with van der Waals surface area (Å²) in [5, 5.41) is 13.1. The smallest absolute Gasteiger partial charge is 0.304 e. The molecule has 1 aromatic heterocycles. The predicted octanol–water partition coefficient (Wildman–Crippen LogP) is -0.253. The number of rotatable bonds is 3. The first kappa shape index (κ1) is 14.7. The van der Waals surface area contributed by atoms with Crippen LogP contribution in [-0.4, -0.2) is 42.7 Å². The van der Waals surface area contributed by atoms with Crippen LogP contribution in [0.3, 0.4) is 0 Å². The van der Waals surface area contributed by atoms with Crippen LogP contribution in [0, 0.1) is 10.1 Å². The molecule has 20 heavy (non-hydrogen) atoms. The summed E-state index contributed by atoms with van der Waals surface area (Å²) in [6, 6.07) is 0.0605. The Labute approximate surface area is 118 Å². The van der Waals surface area contributed by atoms with E-state index in [1.165, 1.54) is 6.92 Å². The molecule has 1 unspecified atom stereocenters. The number of nitrogens with two attached hydrogens (primary N) is 1. The van der Waals surface area contributed by atoms with Gasteiger partial charge in [-0.25, -0.2) is 8.42 Å². The van der Waals surface area contributed by atoms with Gasteiger partial charge in [0.1, 0.15) is 10.3 Å². The minimum absolute atomic E-state index is 0.112. The molecule has 11 heteroatoms. The molecule has 0 bridgehead atoms. The number of hydrogen-bond donors (Lipinski definition) is 2. The van der Waals surface area contributed by atoms with Crippen molar-refractivity contribution in [1.29, 1.82) is 0 Å². The second kappa shape index (κ2) is 5.00. The summed E-state index contributed by atoms with van der Waals surface area (Å²) < 4.78 is 25.6. The Kier molecular flexibility index (Phi) is 3.67. The van der Waals surface area contributed by atoms with E-state index in [9.17, 15) is 23.3 Å². The number of amides is 1. The van der Waals surface area contributed by atoms with Crippen LogP contribution in [0.15, 0.2) is 10.3 Å². The van der Waals surface area contributed by atoms with Gasteiger partial charge in [-0.3, -0.25) is 14.9 Å². The minimum Gasteiger partial charge on any atom is -0.385 e. The SMILES string of the molecule is CC1C(=O)NCCN1S(=O)(=O)c1cc([N+](=O)[O-])c(N)s1. The molecule has 1 aromatic rings. The molecule has 0 aliphatic carbocycles. The summed E-state index contributed by atoms with van der Waals surface area (Å²) in [5.41, 5.74) is 5.00. The van der Waals surface area contributed by atoms with Crippen molar-refractivity contribution in [1.82, 2.24) is 9.62 Å². The molecule has 2 rings (SSSR count). The van der Waals surface area contributed by atoms with Crippen LogP contribution < -0.4 is 11.1 Å². The Hall–Kier alpha value is -1.72. The first-order valence-corrected chi connectivity index (χ1v) is 7.84. The Morgan fingerprint density at radius 1 is 1.60 bits per heavy atom. The van der Waals surface area contributed by atoms with E-state index in [1.54, 1.807) is 0 Å². The Balaban J connectivity index is 2.42. The van der Waals surface area contributed by atoms with Gasteiger partial charge in [0.2, 0.25) is 5.91 Å². The number of nitrogen functional groups attached to an aromatic ring is 1. The van der Waals surface area contributed by atoms with Crippen LogP contribution in [0.5, 0.6) is 0 Å². The van der Waals surface area contributed by atoms with Crippen molar-refractivity contribution in [2.24, 2.45) is 0 Å². The summed E-state index contributed by atoms with van der Waals surface area (Å²) in [6.07, 6.45) is 0. The summed E-state index contributed by atoms with van der Waals surface area (Å²) in [4.78, 5) is 21.5. The van der Waals surface area contributed by atoms with E-state index in [2.05, 4.69) is 5.32 Å². The average Bonchev–Trinajstić information content (AvgIpc) is 2.75. The van der Waals surface area contributed by atoms with Gasteiger partial charge in [-0.15, -0.1) is 0 Å². The van der Waals surface area contributed by atoms with Crippen molar-refractivity contribution in [2.75, 3.05) is 18.8 Å². The first-order chi connectivity index (χ1) is 9.25. The third-order valence-electron chi connectivity index (χ3n) is 2.92. The molecule has 1 aliphatic heterocycles.